The summed E-state index contributed by atoms with van der Waals surface area (Å²) in [4.78, 5) is 23.1. The number of nitrogens with two attached hydrogens (primary N) is 1. The van der Waals surface area contributed by atoms with Crippen molar-refractivity contribution in [2.75, 3.05) is 11.5 Å². The van der Waals surface area contributed by atoms with Gasteiger partial charge in [0.25, 0.3) is 5.91 Å². The highest BCUT2D eigenvalue weighted by atomic mass is 19.3. The maximum Gasteiger partial charge on any atom is 0.387 e. The number of rotatable bonds is 12. The molecule has 2 atom stereocenters. The molecule has 2 aromatic heterocycles. The highest BCUT2D eigenvalue weighted by Crippen LogP contribution is 2.45. The Morgan fingerprint density at radius 2 is 1.95 bits per heavy atom. The predicted molar refractivity (Wildman–Crippen MR) is 140 cm³/mol. The zero-order valence-corrected chi connectivity index (χ0v) is 22.1. The van der Waals surface area contributed by atoms with Gasteiger partial charge < -0.3 is 24.6 Å². The molecule has 2 fully saturated rings. The quantitative estimate of drug-likeness (QED) is 0.304. The molecule has 208 valence electrons. The minimum Gasteiger partial charge on any atom is -0.434 e. The van der Waals surface area contributed by atoms with Crippen molar-refractivity contribution in [3.8, 4) is 17.0 Å². The normalized spacial score (nSPS) is 19.2. The van der Waals surface area contributed by atoms with Crippen LogP contribution in [0.25, 0.3) is 11.3 Å². The highest BCUT2D eigenvalue weighted by Gasteiger charge is 2.35. The molecule has 9 nitrogen and oxygen atoms in total. The van der Waals surface area contributed by atoms with Gasteiger partial charge in [-0.1, -0.05) is 24.2 Å². The molecule has 1 saturated heterocycles. The number of anilines is 1. The number of aromatic nitrogens is 3. The summed E-state index contributed by atoms with van der Waals surface area (Å²) in [6, 6.07) is 8.57. The summed E-state index contributed by atoms with van der Waals surface area (Å²) in [5.41, 5.74) is 8.07. The van der Waals surface area contributed by atoms with Gasteiger partial charge >= 0.3 is 6.61 Å². The molecule has 11 heteroatoms. The summed E-state index contributed by atoms with van der Waals surface area (Å²) in [5.74, 6) is 1.00. The van der Waals surface area contributed by atoms with E-state index in [1.165, 1.54) is 6.07 Å². The number of ether oxygens (including phenoxy) is 2. The summed E-state index contributed by atoms with van der Waals surface area (Å²) < 4.78 is 42.6. The van der Waals surface area contributed by atoms with Crippen LogP contribution in [0.3, 0.4) is 0 Å². The molecule has 1 aromatic carbocycles. The van der Waals surface area contributed by atoms with Crippen LogP contribution in [-0.2, 0) is 11.3 Å². The molecule has 5 rings (SSSR count). The van der Waals surface area contributed by atoms with Gasteiger partial charge in [0.05, 0.1) is 6.61 Å². The maximum absolute atomic E-state index is 13.0. The number of amides is 1. The molecular formula is C28H33F2N5O4. The molecule has 39 heavy (non-hydrogen) atoms. The van der Waals surface area contributed by atoms with Crippen molar-refractivity contribution >= 4 is 11.9 Å². The molecule has 1 aliphatic carbocycles. The Bertz CT molecular complexity index is 1310. The number of alkyl halides is 2. The molecule has 0 radical (unpaired) electrons. The van der Waals surface area contributed by atoms with E-state index in [-0.39, 0.29) is 36.1 Å². The second-order valence-corrected chi connectivity index (χ2v) is 10.1. The van der Waals surface area contributed by atoms with E-state index in [4.69, 9.17) is 19.7 Å². The van der Waals surface area contributed by atoms with Crippen LogP contribution in [0, 0.1) is 6.92 Å². The number of nitrogens with zero attached hydrogens (tertiary/aromatic N) is 4. The van der Waals surface area contributed by atoms with E-state index < -0.39 is 12.5 Å². The molecule has 2 N–H and O–H groups in total. The fourth-order valence-electron chi connectivity index (χ4n) is 5.36. The number of aryl methyl sites for hydroxylation is 1. The van der Waals surface area contributed by atoms with E-state index in [1.54, 1.807) is 24.3 Å². The smallest absolute Gasteiger partial charge is 0.387 e. The van der Waals surface area contributed by atoms with Crippen molar-refractivity contribution in [2.24, 2.45) is 5.73 Å². The zero-order valence-electron chi connectivity index (χ0n) is 22.1. The lowest BCUT2D eigenvalue weighted by molar-refractivity contribution is -0.0494. The number of hydrogen-bond acceptors (Lipinski definition) is 8. The molecule has 1 amide bonds. The predicted octanol–water partition coefficient (Wildman–Crippen LogP) is 5.37. The molecule has 1 saturated carbocycles. The summed E-state index contributed by atoms with van der Waals surface area (Å²) in [5, 5.41) is 4.23. The number of primary amides is 1. The average molecular weight is 542 g/mol. The third-order valence-corrected chi connectivity index (χ3v) is 7.38. The Morgan fingerprint density at radius 3 is 2.67 bits per heavy atom. The van der Waals surface area contributed by atoms with Crippen LogP contribution in [0.1, 0.15) is 78.9 Å². The Kier molecular flexibility index (Phi) is 8.06. The molecule has 2 aliphatic rings. The number of hydrogen-bond donors (Lipinski definition) is 1. The van der Waals surface area contributed by atoms with Crippen LogP contribution in [0.15, 0.2) is 34.9 Å². The maximum atomic E-state index is 13.0. The lowest BCUT2D eigenvalue weighted by Gasteiger charge is -2.30. The van der Waals surface area contributed by atoms with Gasteiger partial charge in [0, 0.05) is 41.4 Å². The second-order valence-electron chi connectivity index (χ2n) is 10.1. The first kappa shape index (κ1) is 27.0. The minimum atomic E-state index is -2.95. The second kappa shape index (κ2) is 11.6. The van der Waals surface area contributed by atoms with Gasteiger partial charge in [0.15, 0.2) is 0 Å². The Balaban J connectivity index is 1.30. The van der Waals surface area contributed by atoms with Gasteiger partial charge in [0.1, 0.15) is 22.9 Å². The Morgan fingerprint density at radius 1 is 1.18 bits per heavy atom. The van der Waals surface area contributed by atoms with Gasteiger partial charge in [-0.3, -0.25) is 4.79 Å². The molecule has 0 bridgehead atoms. The largest absolute Gasteiger partial charge is 0.434 e. The van der Waals surface area contributed by atoms with Crippen molar-refractivity contribution in [3.63, 3.8) is 0 Å². The molecule has 1 unspecified atom stereocenters. The molecule has 1 aliphatic heterocycles. The number of carbonyl (C=O) groups is 1. The van der Waals surface area contributed by atoms with Gasteiger partial charge in [-0.15, -0.1) is 0 Å². The van der Waals surface area contributed by atoms with Gasteiger partial charge in [-0.25, -0.2) is 9.97 Å². The van der Waals surface area contributed by atoms with Crippen molar-refractivity contribution in [1.29, 1.82) is 0 Å². The zero-order chi connectivity index (χ0) is 27.5. The fourth-order valence-corrected chi connectivity index (χ4v) is 5.36. The monoisotopic (exact) mass is 541 g/mol. The minimum absolute atomic E-state index is 0.0464. The SMILES string of the molecule is CCC1CC[C@@H](CCOCc2c(-c3ccccc3OC(F)F)noc2C2CC2)N1c1nc(C)cc(C(N)=O)n1. The van der Waals surface area contributed by atoms with E-state index in [9.17, 15) is 13.6 Å². The summed E-state index contributed by atoms with van der Waals surface area (Å²) >= 11 is 0. The van der Waals surface area contributed by atoms with Gasteiger partial charge in [-0.2, -0.15) is 8.78 Å². The first-order valence-electron chi connectivity index (χ1n) is 13.4. The third-order valence-electron chi connectivity index (χ3n) is 7.38. The van der Waals surface area contributed by atoms with Crippen molar-refractivity contribution < 1.29 is 27.6 Å². The Hall–Kier alpha value is -3.60. The first-order chi connectivity index (χ1) is 18.9. The fraction of sp³-hybridized carbons (Fsp3) is 0.500. The van der Waals surface area contributed by atoms with E-state index in [1.807, 2.05) is 6.92 Å². The van der Waals surface area contributed by atoms with Crippen molar-refractivity contribution in [3.05, 3.63) is 53.0 Å². The number of benzene rings is 1. The van der Waals surface area contributed by atoms with Crippen LogP contribution >= 0.6 is 0 Å². The number of halogens is 2. The lowest BCUT2D eigenvalue weighted by Crippen LogP contribution is -2.38. The molecule has 0 spiro atoms. The van der Waals surface area contributed by atoms with Crippen LogP contribution < -0.4 is 15.4 Å². The number of carbonyl (C=O) groups excluding carboxylic acids is 1. The number of para-hydroxylation sites is 1. The van der Waals surface area contributed by atoms with Crippen LogP contribution in [0.4, 0.5) is 14.7 Å². The summed E-state index contributed by atoms with van der Waals surface area (Å²) in [7, 11) is 0. The van der Waals surface area contributed by atoms with E-state index in [2.05, 4.69) is 26.9 Å². The van der Waals surface area contributed by atoms with E-state index in [0.29, 0.717) is 29.5 Å². The van der Waals surface area contributed by atoms with Crippen LogP contribution in [0.5, 0.6) is 5.75 Å². The van der Waals surface area contributed by atoms with Crippen molar-refractivity contribution in [2.45, 2.75) is 83.6 Å². The highest BCUT2D eigenvalue weighted by molar-refractivity contribution is 5.91. The van der Waals surface area contributed by atoms with Crippen molar-refractivity contribution in [1.82, 2.24) is 15.1 Å². The summed E-state index contributed by atoms with van der Waals surface area (Å²) in [6.45, 7) is 1.70. The van der Waals surface area contributed by atoms with Gasteiger partial charge in [0.2, 0.25) is 5.95 Å². The summed E-state index contributed by atoms with van der Waals surface area (Å²) in [6.07, 6.45) is 5.59. The topological polar surface area (TPSA) is 117 Å². The van der Waals surface area contributed by atoms with Crippen LogP contribution in [0.2, 0.25) is 0 Å². The molecular weight excluding hydrogens is 508 g/mol. The van der Waals surface area contributed by atoms with E-state index >= 15 is 0 Å². The Labute approximate surface area is 225 Å². The third kappa shape index (κ3) is 6.03. The molecule has 3 heterocycles. The molecule has 3 aromatic rings. The van der Waals surface area contributed by atoms with Gasteiger partial charge in [-0.05, 0) is 63.6 Å². The average Bonchev–Trinajstić information content (AvgIpc) is 3.53. The van der Waals surface area contributed by atoms with Crippen LogP contribution in [-0.4, -0.2) is 46.3 Å². The lowest BCUT2D eigenvalue weighted by atomic mass is 10.0. The standard InChI is InChI=1S/C28H33F2N5O4/c1-3-18-10-11-19(35(18)28-32-16(2)14-22(33-28)26(31)36)12-13-37-15-21-24(34-39-25(21)17-8-9-17)20-6-4-5-7-23(20)38-27(29)30/h4-7,14,17-19,27H,3,8-13,15H2,1-2H3,(H2,31,36)/t18?,19-/m0/s1. The van der Waals surface area contributed by atoms with E-state index in [0.717, 1.165) is 49.8 Å². The first-order valence-corrected chi connectivity index (χ1v) is 13.4.